The third kappa shape index (κ3) is 4.08. The van der Waals surface area contributed by atoms with Gasteiger partial charge < -0.3 is 15.4 Å². The predicted molar refractivity (Wildman–Crippen MR) is 78.2 cm³/mol. The Kier molecular flexibility index (Phi) is 6.23. The van der Waals surface area contributed by atoms with Crippen molar-refractivity contribution in [2.24, 2.45) is 0 Å². The van der Waals surface area contributed by atoms with Crippen LogP contribution < -0.4 is 15.4 Å². The molecule has 1 fully saturated rings. The van der Waals surface area contributed by atoms with Crippen LogP contribution in [-0.4, -0.2) is 31.6 Å². The number of nitrogens with one attached hydrogen (secondary N) is 2. The van der Waals surface area contributed by atoms with E-state index in [4.69, 9.17) is 4.74 Å². The highest BCUT2D eigenvalue weighted by Crippen LogP contribution is 2.18. The second kappa shape index (κ2) is 7.45. The zero-order valence-corrected chi connectivity index (χ0v) is 12.4. The molecular weight excluding hydrogens is 283 g/mol. The SMILES string of the molecule is COc1ccc(C(=O)NC2CCNC(C)C2)cc1F.Cl. The lowest BCUT2D eigenvalue weighted by molar-refractivity contribution is 0.0925. The van der Waals surface area contributed by atoms with Crippen LogP contribution in [0.1, 0.15) is 30.1 Å². The Morgan fingerprint density at radius 1 is 1.50 bits per heavy atom. The van der Waals surface area contributed by atoms with Crippen molar-refractivity contribution in [1.29, 1.82) is 0 Å². The van der Waals surface area contributed by atoms with Crippen LogP contribution in [0.15, 0.2) is 18.2 Å². The quantitative estimate of drug-likeness (QED) is 0.899. The number of hydrogen-bond donors (Lipinski definition) is 2. The average molecular weight is 303 g/mol. The number of benzene rings is 1. The lowest BCUT2D eigenvalue weighted by Crippen LogP contribution is -2.46. The summed E-state index contributed by atoms with van der Waals surface area (Å²) < 4.78 is 18.4. The summed E-state index contributed by atoms with van der Waals surface area (Å²) in [5.74, 6) is -0.610. The molecule has 1 aromatic rings. The van der Waals surface area contributed by atoms with Crippen molar-refractivity contribution < 1.29 is 13.9 Å². The van der Waals surface area contributed by atoms with Gasteiger partial charge >= 0.3 is 0 Å². The summed E-state index contributed by atoms with van der Waals surface area (Å²) in [6.07, 6.45) is 1.79. The number of methoxy groups -OCH3 is 1. The molecule has 6 heteroatoms. The zero-order chi connectivity index (χ0) is 13.8. The van der Waals surface area contributed by atoms with Gasteiger partial charge in [-0.25, -0.2) is 4.39 Å². The molecule has 20 heavy (non-hydrogen) atoms. The van der Waals surface area contributed by atoms with Crippen LogP contribution in [0.25, 0.3) is 0 Å². The van der Waals surface area contributed by atoms with Gasteiger partial charge in [-0.2, -0.15) is 0 Å². The van der Waals surface area contributed by atoms with Gasteiger partial charge in [-0.05, 0) is 44.5 Å². The topological polar surface area (TPSA) is 50.4 Å². The van der Waals surface area contributed by atoms with E-state index in [1.54, 1.807) is 6.07 Å². The van der Waals surface area contributed by atoms with Crippen LogP contribution in [0.4, 0.5) is 4.39 Å². The second-order valence-corrected chi connectivity index (χ2v) is 4.90. The molecule has 1 heterocycles. The minimum Gasteiger partial charge on any atom is -0.494 e. The first-order valence-electron chi connectivity index (χ1n) is 6.48. The highest BCUT2D eigenvalue weighted by atomic mass is 35.5. The summed E-state index contributed by atoms with van der Waals surface area (Å²) >= 11 is 0. The van der Waals surface area contributed by atoms with E-state index in [0.29, 0.717) is 11.6 Å². The maximum Gasteiger partial charge on any atom is 0.251 e. The lowest BCUT2D eigenvalue weighted by atomic mass is 10.0. The molecule has 1 aliphatic rings. The van der Waals surface area contributed by atoms with E-state index < -0.39 is 5.82 Å². The zero-order valence-electron chi connectivity index (χ0n) is 11.6. The molecule has 0 aromatic heterocycles. The molecule has 1 amide bonds. The maximum absolute atomic E-state index is 13.5. The summed E-state index contributed by atoms with van der Waals surface area (Å²) in [6.45, 7) is 2.98. The minimum atomic E-state index is -0.520. The van der Waals surface area contributed by atoms with E-state index in [2.05, 4.69) is 17.6 Å². The molecule has 2 atom stereocenters. The van der Waals surface area contributed by atoms with E-state index in [0.717, 1.165) is 19.4 Å². The Morgan fingerprint density at radius 2 is 2.25 bits per heavy atom. The Bertz CT molecular complexity index is 470. The second-order valence-electron chi connectivity index (χ2n) is 4.90. The molecule has 1 saturated heterocycles. The van der Waals surface area contributed by atoms with Gasteiger partial charge in [-0.3, -0.25) is 4.79 Å². The van der Waals surface area contributed by atoms with Crippen molar-refractivity contribution in [2.75, 3.05) is 13.7 Å². The van der Waals surface area contributed by atoms with Crippen molar-refractivity contribution in [3.05, 3.63) is 29.6 Å². The van der Waals surface area contributed by atoms with Gasteiger partial charge in [-0.15, -0.1) is 12.4 Å². The van der Waals surface area contributed by atoms with Gasteiger partial charge in [0.25, 0.3) is 5.91 Å². The molecule has 2 unspecified atom stereocenters. The number of halogens is 2. The molecule has 0 aliphatic carbocycles. The standard InChI is InChI=1S/C14H19FN2O2.ClH/c1-9-7-11(5-6-16-9)17-14(18)10-3-4-13(19-2)12(15)8-10;/h3-4,8-9,11,16H,5-7H2,1-2H3,(H,17,18);1H. The van der Waals surface area contributed by atoms with Crippen molar-refractivity contribution in [3.8, 4) is 5.75 Å². The lowest BCUT2D eigenvalue weighted by Gasteiger charge is -2.28. The van der Waals surface area contributed by atoms with Gasteiger partial charge in [0, 0.05) is 17.6 Å². The first-order valence-corrected chi connectivity index (χ1v) is 6.48. The summed E-state index contributed by atoms with van der Waals surface area (Å²) in [5.41, 5.74) is 0.324. The van der Waals surface area contributed by atoms with Crippen LogP contribution in [0.3, 0.4) is 0 Å². The monoisotopic (exact) mass is 302 g/mol. The Hall–Kier alpha value is -1.33. The number of rotatable bonds is 3. The molecule has 0 spiro atoms. The number of carbonyl (C=O) groups is 1. The van der Waals surface area contributed by atoms with Crippen molar-refractivity contribution in [2.45, 2.75) is 31.8 Å². The number of ether oxygens (including phenoxy) is 1. The summed E-state index contributed by atoms with van der Waals surface area (Å²) in [6, 6.07) is 4.79. The Morgan fingerprint density at radius 3 is 2.85 bits per heavy atom. The fourth-order valence-corrected chi connectivity index (χ4v) is 2.34. The van der Waals surface area contributed by atoms with E-state index in [1.165, 1.54) is 19.2 Å². The van der Waals surface area contributed by atoms with Crippen molar-refractivity contribution in [1.82, 2.24) is 10.6 Å². The normalized spacial score (nSPS) is 21.8. The molecule has 112 valence electrons. The third-order valence-corrected chi connectivity index (χ3v) is 3.37. The fraction of sp³-hybridized carbons (Fsp3) is 0.500. The highest BCUT2D eigenvalue weighted by molar-refractivity contribution is 5.94. The summed E-state index contributed by atoms with van der Waals surface area (Å²) in [5, 5.41) is 6.27. The number of piperidine rings is 1. The number of hydrogen-bond acceptors (Lipinski definition) is 3. The molecule has 2 rings (SSSR count). The molecule has 0 bridgehead atoms. The number of carbonyl (C=O) groups excluding carboxylic acids is 1. The summed E-state index contributed by atoms with van der Waals surface area (Å²) in [4.78, 5) is 12.0. The van der Waals surface area contributed by atoms with Gasteiger partial charge in [0.1, 0.15) is 0 Å². The Balaban J connectivity index is 0.00000200. The predicted octanol–water partition coefficient (Wildman–Crippen LogP) is 2.13. The molecule has 1 aliphatic heterocycles. The van der Waals surface area contributed by atoms with E-state index >= 15 is 0 Å². The van der Waals surface area contributed by atoms with E-state index in [-0.39, 0.29) is 30.1 Å². The van der Waals surface area contributed by atoms with Crippen molar-refractivity contribution in [3.63, 3.8) is 0 Å². The largest absolute Gasteiger partial charge is 0.494 e. The molecular formula is C14H20ClFN2O2. The smallest absolute Gasteiger partial charge is 0.251 e. The fourth-order valence-electron chi connectivity index (χ4n) is 2.34. The highest BCUT2D eigenvalue weighted by Gasteiger charge is 2.20. The minimum absolute atomic E-state index is 0. The average Bonchev–Trinajstić information content (AvgIpc) is 2.38. The van der Waals surface area contributed by atoms with Gasteiger partial charge in [0.15, 0.2) is 11.6 Å². The van der Waals surface area contributed by atoms with Crippen LogP contribution in [0.5, 0.6) is 5.75 Å². The first kappa shape index (κ1) is 16.7. The van der Waals surface area contributed by atoms with Crippen LogP contribution in [0.2, 0.25) is 0 Å². The molecule has 0 radical (unpaired) electrons. The van der Waals surface area contributed by atoms with Crippen LogP contribution in [-0.2, 0) is 0 Å². The summed E-state index contributed by atoms with van der Waals surface area (Å²) in [7, 11) is 1.40. The van der Waals surface area contributed by atoms with Crippen molar-refractivity contribution >= 4 is 18.3 Å². The van der Waals surface area contributed by atoms with E-state index in [9.17, 15) is 9.18 Å². The van der Waals surface area contributed by atoms with Gasteiger partial charge in [0.05, 0.1) is 7.11 Å². The molecule has 2 N–H and O–H groups in total. The molecule has 4 nitrogen and oxygen atoms in total. The molecule has 1 aromatic carbocycles. The molecule has 0 saturated carbocycles. The van der Waals surface area contributed by atoms with Crippen LogP contribution >= 0.6 is 12.4 Å². The third-order valence-electron chi connectivity index (χ3n) is 3.37. The van der Waals surface area contributed by atoms with Gasteiger partial charge in [-0.1, -0.05) is 0 Å². The van der Waals surface area contributed by atoms with Gasteiger partial charge in [0.2, 0.25) is 0 Å². The first-order chi connectivity index (χ1) is 9.10. The maximum atomic E-state index is 13.5. The van der Waals surface area contributed by atoms with Crippen LogP contribution in [0, 0.1) is 5.82 Å². The van der Waals surface area contributed by atoms with E-state index in [1.807, 2.05) is 0 Å². The number of amides is 1. The Labute approximate surface area is 124 Å².